The van der Waals surface area contributed by atoms with Gasteiger partial charge >= 0.3 is 0 Å². The van der Waals surface area contributed by atoms with Gasteiger partial charge in [-0.25, -0.2) is 0 Å². The Morgan fingerprint density at radius 2 is 1.68 bits per heavy atom. The molecule has 0 saturated carbocycles. The molecule has 1 saturated heterocycles. The van der Waals surface area contributed by atoms with Gasteiger partial charge < -0.3 is 9.47 Å². The maximum Gasteiger partial charge on any atom is 0.270 e. The minimum Gasteiger partial charge on any atom is -0.490 e. The lowest BCUT2D eigenvalue weighted by Crippen LogP contribution is -2.27. The molecule has 9 heteroatoms. The number of carbonyl (C=O) groups excluding carboxylic acids is 1. The van der Waals surface area contributed by atoms with E-state index in [9.17, 15) is 14.9 Å². The number of hydrogen-bond acceptors (Lipinski definition) is 7. The third-order valence-corrected chi connectivity index (χ3v) is 6.25. The molecule has 3 aromatic carbocycles. The second-order valence-corrected chi connectivity index (χ2v) is 9.01. The summed E-state index contributed by atoms with van der Waals surface area (Å²) in [7, 11) is 0. The van der Waals surface area contributed by atoms with E-state index in [1.807, 2.05) is 55.5 Å². The first-order chi connectivity index (χ1) is 16.4. The van der Waals surface area contributed by atoms with Crippen molar-refractivity contribution in [1.29, 1.82) is 0 Å². The first kappa shape index (κ1) is 23.5. The van der Waals surface area contributed by atoms with Crippen molar-refractivity contribution in [1.82, 2.24) is 0 Å². The van der Waals surface area contributed by atoms with Gasteiger partial charge in [0.1, 0.15) is 24.7 Å². The molecule has 1 aliphatic heterocycles. The number of nitro benzene ring substituents is 1. The first-order valence-electron chi connectivity index (χ1n) is 10.4. The fraction of sp³-hybridized carbons (Fsp3) is 0.120. The number of anilines is 1. The number of rotatable bonds is 8. The number of hydrogen-bond donors (Lipinski definition) is 0. The number of ether oxygens (including phenoxy) is 2. The van der Waals surface area contributed by atoms with Gasteiger partial charge in [0, 0.05) is 17.7 Å². The Morgan fingerprint density at radius 3 is 2.38 bits per heavy atom. The number of amides is 1. The van der Waals surface area contributed by atoms with E-state index in [1.54, 1.807) is 18.2 Å². The van der Waals surface area contributed by atoms with Crippen LogP contribution in [0.1, 0.15) is 11.1 Å². The molecule has 172 valence electrons. The van der Waals surface area contributed by atoms with E-state index >= 15 is 0 Å². The van der Waals surface area contributed by atoms with Crippen LogP contribution in [0.4, 0.5) is 11.4 Å². The Bertz CT molecular complexity index is 1260. The normalized spacial score (nSPS) is 14.5. The van der Waals surface area contributed by atoms with Crippen LogP contribution in [-0.4, -0.2) is 28.4 Å². The van der Waals surface area contributed by atoms with Gasteiger partial charge in [0.05, 0.1) is 15.5 Å². The van der Waals surface area contributed by atoms with Gasteiger partial charge in [0.15, 0.2) is 4.32 Å². The topological polar surface area (TPSA) is 81.9 Å². The molecule has 0 atom stereocenters. The molecule has 1 aliphatic rings. The van der Waals surface area contributed by atoms with Crippen molar-refractivity contribution in [3.05, 3.63) is 98.9 Å². The Kier molecular flexibility index (Phi) is 7.24. The molecular formula is C25H20N2O5S2. The fourth-order valence-electron chi connectivity index (χ4n) is 3.23. The molecule has 0 N–H and O–H groups in total. The second kappa shape index (κ2) is 10.5. The van der Waals surface area contributed by atoms with Gasteiger partial charge in [0.2, 0.25) is 0 Å². The molecule has 0 radical (unpaired) electrons. The molecule has 0 spiro atoms. The summed E-state index contributed by atoms with van der Waals surface area (Å²) >= 11 is 6.71. The highest BCUT2D eigenvalue weighted by Crippen LogP contribution is 2.37. The van der Waals surface area contributed by atoms with Crippen molar-refractivity contribution in [2.75, 3.05) is 18.1 Å². The van der Waals surface area contributed by atoms with Crippen molar-refractivity contribution in [2.24, 2.45) is 0 Å². The standard InChI is InChI=1S/C25H20N2O5S2/c1-17-6-8-19(9-7-17)26-24(28)23(34-25(26)33)16-18-4-2-3-5-22(18)32-15-14-31-21-12-10-20(11-13-21)27(29)30/h2-13,16H,14-15H2,1H3/b23-16+. The number of thioether (sulfide) groups is 1. The van der Waals surface area contributed by atoms with Crippen molar-refractivity contribution in [2.45, 2.75) is 6.92 Å². The predicted octanol–water partition coefficient (Wildman–Crippen LogP) is 5.77. The molecule has 0 aliphatic carbocycles. The number of nitro groups is 1. The average molecular weight is 493 g/mol. The van der Waals surface area contributed by atoms with E-state index in [0.717, 1.165) is 16.8 Å². The van der Waals surface area contributed by atoms with Gasteiger partial charge in [-0.2, -0.15) is 0 Å². The van der Waals surface area contributed by atoms with Gasteiger partial charge in [-0.05, 0) is 43.3 Å². The summed E-state index contributed by atoms with van der Waals surface area (Å²) in [6.45, 7) is 2.50. The van der Waals surface area contributed by atoms with Gasteiger partial charge in [0.25, 0.3) is 11.6 Å². The lowest BCUT2D eigenvalue weighted by Gasteiger charge is -2.14. The zero-order chi connectivity index (χ0) is 24.1. The number of para-hydroxylation sites is 1. The third kappa shape index (κ3) is 5.44. The zero-order valence-corrected chi connectivity index (χ0v) is 19.8. The van der Waals surface area contributed by atoms with Crippen LogP contribution in [0.3, 0.4) is 0 Å². The van der Waals surface area contributed by atoms with Crippen LogP contribution in [0.2, 0.25) is 0 Å². The molecule has 0 bridgehead atoms. The van der Waals surface area contributed by atoms with Crippen molar-refractivity contribution in [3.63, 3.8) is 0 Å². The minimum absolute atomic E-state index is 0.00493. The maximum absolute atomic E-state index is 13.0. The number of thiocarbonyl (C=S) groups is 1. The first-order valence-corrected chi connectivity index (χ1v) is 11.6. The van der Waals surface area contributed by atoms with Crippen molar-refractivity contribution in [3.8, 4) is 11.5 Å². The van der Waals surface area contributed by atoms with Gasteiger partial charge in [-0.3, -0.25) is 19.8 Å². The Morgan fingerprint density at radius 1 is 1.00 bits per heavy atom. The van der Waals surface area contributed by atoms with Crippen LogP contribution in [0.15, 0.2) is 77.7 Å². The fourth-order valence-corrected chi connectivity index (χ4v) is 4.52. The highest BCUT2D eigenvalue weighted by Gasteiger charge is 2.33. The third-order valence-electron chi connectivity index (χ3n) is 4.95. The van der Waals surface area contributed by atoms with Crippen LogP contribution >= 0.6 is 24.0 Å². The molecule has 1 amide bonds. The van der Waals surface area contributed by atoms with E-state index in [2.05, 4.69) is 0 Å². The maximum atomic E-state index is 13.0. The lowest BCUT2D eigenvalue weighted by molar-refractivity contribution is -0.384. The van der Waals surface area contributed by atoms with E-state index in [1.165, 1.54) is 28.8 Å². The van der Waals surface area contributed by atoms with Gasteiger partial charge in [-0.15, -0.1) is 0 Å². The molecule has 1 fully saturated rings. The monoisotopic (exact) mass is 492 g/mol. The number of nitrogens with zero attached hydrogens (tertiary/aromatic N) is 2. The number of carbonyl (C=O) groups is 1. The molecular weight excluding hydrogens is 472 g/mol. The molecule has 1 heterocycles. The van der Waals surface area contributed by atoms with Crippen LogP contribution in [-0.2, 0) is 4.79 Å². The minimum atomic E-state index is -0.460. The summed E-state index contributed by atoms with van der Waals surface area (Å²) in [4.78, 5) is 25.4. The predicted molar refractivity (Wildman–Crippen MR) is 137 cm³/mol. The smallest absolute Gasteiger partial charge is 0.270 e. The zero-order valence-electron chi connectivity index (χ0n) is 18.2. The van der Waals surface area contributed by atoms with E-state index < -0.39 is 4.92 Å². The molecule has 0 unspecified atom stereocenters. The molecule has 0 aromatic heterocycles. The number of non-ortho nitro benzene ring substituents is 1. The van der Waals surface area contributed by atoms with Crippen LogP contribution in [0, 0.1) is 17.0 Å². The summed E-state index contributed by atoms with van der Waals surface area (Å²) < 4.78 is 11.9. The second-order valence-electron chi connectivity index (χ2n) is 7.34. The van der Waals surface area contributed by atoms with Gasteiger partial charge in [-0.1, -0.05) is 59.9 Å². The lowest BCUT2D eigenvalue weighted by atomic mass is 10.1. The number of aryl methyl sites for hydroxylation is 1. The molecule has 7 nitrogen and oxygen atoms in total. The average Bonchev–Trinajstić information content (AvgIpc) is 3.11. The summed E-state index contributed by atoms with van der Waals surface area (Å²) in [5.41, 5.74) is 2.60. The van der Waals surface area contributed by atoms with Crippen molar-refractivity contribution < 1.29 is 19.2 Å². The highest BCUT2D eigenvalue weighted by molar-refractivity contribution is 8.27. The summed E-state index contributed by atoms with van der Waals surface area (Å²) in [6.07, 6.45) is 1.78. The van der Waals surface area contributed by atoms with Crippen LogP contribution < -0.4 is 14.4 Å². The van der Waals surface area contributed by atoms with Crippen LogP contribution in [0.5, 0.6) is 11.5 Å². The summed E-state index contributed by atoms with van der Waals surface area (Å²) in [5.74, 6) is 0.952. The summed E-state index contributed by atoms with van der Waals surface area (Å²) in [6, 6.07) is 20.9. The quantitative estimate of drug-likeness (QED) is 0.130. The largest absolute Gasteiger partial charge is 0.490 e. The Balaban J connectivity index is 1.41. The highest BCUT2D eigenvalue weighted by atomic mass is 32.2. The van der Waals surface area contributed by atoms with Crippen molar-refractivity contribution >= 4 is 51.7 Å². The van der Waals surface area contributed by atoms with E-state index in [-0.39, 0.29) is 24.8 Å². The molecule has 4 rings (SSSR count). The SMILES string of the molecule is Cc1ccc(N2C(=O)/C(=C\c3ccccc3OCCOc3ccc([N+](=O)[O-])cc3)SC2=S)cc1. The Hall–Kier alpha value is -3.69. The molecule has 3 aromatic rings. The summed E-state index contributed by atoms with van der Waals surface area (Å²) in [5, 5.41) is 10.7. The number of benzene rings is 3. The van der Waals surface area contributed by atoms with E-state index in [0.29, 0.717) is 20.7 Å². The van der Waals surface area contributed by atoms with Crippen LogP contribution in [0.25, 0.3) is 6.08 Å². The Labute approximate surface area is 206 Å². The van der Waals surface area contributed by atoms with E-state index in [4.69, 9.17) is 21.7 Å². The molecule has 34 heavy (non-hydrogen) atoms.